The maximum Gasteiger partial charge on any atom is 0.337 e. The Hall–Kier alpha value is -1.71. The third kappa shape index (κ3) is 3.00. The Balaban J connectivity index is 2.23. The smallest absolute Gasteiger partial charge is 0.337 e. The van der Waals surface area contributed by atoms with Gasteiger partial charge in [0.15, 0.2) is 0 Å². The molecule has 104 valence electrons. The third-order valence-electron chi connectivity index (χ3n) is 3.66. The summed E-state index contributed by atoms with van der Waals surface area (Å²) in [5.41, 5.74) is 8.25. The van der Waals surface area contributed by atoms with Crippen LogP contribution in [0.25, 0.3) is 0 Å². The van der Waals surface area contributed by atoms with Crippen LogP contribution in [0.3, 0.4) is 0 Å². The summed E-state index contributed by atoms with van der Waals surface area (Å²) in [4.78, 5) is 13.8. The van der Waals surface area contributed by atoms with E-state index in [1.54, 1.807) is 12.1 Å². The molecule has 2 rings (SSSR count). The summed E-state index contributed by atoms with van der Waals surface area (Å²) in [5, 5.41) is 0. The van der Waals surface area contributed by atoms with Crippen LogP contribution in [0.5, 0.6) is 0 Å². The molecular formula is C15H22N2O2. The van der Waals surface area contributed by atoms with Gasteiger partial charge in [-0.1, -0.05) is 13.8 Å². The first-order chi connectivity index (χ1) is 9.01. The van der Waals surface area contributed by atoms with E-state index in [9.17, 15) is 4.79 Å². The van der Waals surface area contributed by atoms with Gasteiger partial charge in [0.2, 0.25) is 0 Å². The zero-order valence-electron chi connectivity index (χ0n) is 11.8. The Morgan fingerprint density at radius 2 is 1.95 bits per heavy atom. The molecule has 1 aromatic rings. The summed E-state index contributed by atoms with van der Waals surface area (Å²) in [7, 11) is 1.38. The minimum absolute atomic E-state index is 0.348. The van der Waals surface area contributed by atoms with E-state index in [0.717, 1.165) is 18.8 Å². The van der Waals surface area contributed by atoms with E-state index in [0.29, 0.717) is 23.1 Å². The summed E-state index contributed by atoms with van der Waals surface area (Å²) in [6, 6.07) is 5.40. The number of anilines is 2. The maximum atomic E-state index is 11.5. The highest BCUT2D eigenvalue weighted by Crippen LogP contribution is 2.30. The molecule has 0 aromatic heterocycles. The number of hydrogen-bond donors (Lipinski definition) is 1. The van der Waals surface area contributed by atoms with Crippen molar-refractivity contribution < 1.29 is 9.53 Å². The number of rotatable bonds is 2. The lowest BCUT2D eigenvalue weighted by atomic mass is 9.91. The van der Waals surface area contributed by atoms with Gasteiger partial charge in [0.1, 0.15) is 0 Å². The normalized spacial score (nSPS) is 23.2. The number of carbonyl (C=O) groups is 1. The van der Waals surface area contributed by atoms with Crippen LogP contribution < -0.4 is 10.6 Å². The average molecular weight is 262 g/mol. The van der Waals surface area contributed by atoms with E-state index in [1.807, 2.05) is 6.07 Å². The van der Waals surface area contributed by atoms with Crippen LogP contribution >= 0.6 is 0 Å². The Kier molecular flexibility index (Phi) is 3.98. The zero-order valence-corrected chi connectivity index (χ0v) is 11.8. The number of nitrogen functional groups attached to an aromatic ring is 1. The largest absolute Gasteiger partial charge is 0.465 e. The highest BCUT2D eigenvalue weighted by atomic mass is 16.5. The molecule has 0 saturated carbocycles. The molecule has 2 atom stereocenters. The number of methoxy groups -OCH3 is 1. The molecule has 1 aliphatic rings. The molecule has 19 heavy (non-hydrogen) atoms. The van der Waals surface area contributed by atoms with Crippen molar-refractivity contribution in [3.05, 3.63) is 23.8 Å². The number of nitrogens with zero attached hydrogens (tertiary/aromatic N) is 1. The monoisotopic (exact) mass is 262 g/mol. The van der Waals surface area contributed by atoms with Crippen LogP contribution in [0.1, 0.15) is 30.6 Å². The summed E-state index contributed by atoms with van der Waals surface area (Å²) in [6.45, 7) is 6.57. The molecule has 0 bridgehead atoms. The minimum atomic E-state index is -0.348. The molecule has 0 unspecified atom stereocenters. The Labute approximate surface area is 114 Å². The average Bonchev–Trinajstić information content (AvgIpc) is 2.36. The fraction of sp³-hybridized carbons (Fsp3) is 0.533. The molecule has 0 aliphatic carbocycles. The second-order valence-corrected chi connectivity index (χ2v) is 5.62. The number of ether oxygens (including phenoxy) is 1. The van der Waals surface area contributed by atoms with Crippen LogP contribution in [0.4, 0.5) is 11.4 Å². The van der Waals surface area contributed by atoms with E-state index in [1.165, 1.54) is 13.5 Å². The van der Waals surface area contributed by atoms with E-state index in [4.69, 9.17) is 10.5 Å². The Morgan fingerprint density at radius 3 is 2.47 bits per heavy atom. The number of piperidine rings is 1. The molecule has 0 spiro atoms. The lowest BCUT2D eigenvalue weighted by Crippen LogP contribution is -2.39. The summed E-state index contributed by atoms with van der Waals surface area (Å²) in [6.07, 6.45) is 1.26. The van der Waals surface area contributed by atoms with Gasteiger partial charge in [0.05, 0.1) is 24.0 Å². The Bertz CT molecular complexity index is 463. The predicted octanol–water partition coefficient (Wildman–Crippen LogP) is 2.54. The van der Waals surface area contributed by atoms with Crippen molar-refractivity contribution >= 4 is 17.3 Å². The molecule has 1 aromatic carbocycles. The van der Waals surface area contributed by atoms with Gasteiger partial charge in [-0.05, 0) is 36.5 Å². The minimum Gasteiger partial charge on any atom is -0.465 e. The van der Waals surface area contributed by atoms with Crippen molar-refractivity contribution in [3.8, 4) is 0 Å². The first kappa shape index (κ1) is 13.7. The van der Waals surface area contributed by atoms with Gasteiger partial charge in [-0.25, -0.2) is 4.79 Å². The van der Waals surface area contributed by atoms with E-state index < -0.39 is 0 Å². The van der Waals surface area contributed by atoms with Gasteiger partial charge in [-0.2, -0.15) is 0 Å². The Morgan fingerprint density at radius 1 is 1.32 bits per heavy atom. The van der Waals surface area contributed by atoms with Crippen LogP contribution in [-0.4, -0.2) is 26.2 Å². The second kappa shape index (κ2) is 5.51. The first-order valence-corrected chi connectivity index (χ1v) is 6.74. The van der Waals surface area contributed by atoms with Gasteiger partial charge in [-0.15, -0.1) is 0 Å². The quantitative estimate of drug-likeness (QED) is 0.657. The summed E-state index contributed by atoms with van der Waals surface area (Å²) >= 11 is 0. The number of carbonyl (C=O) groups excluding carboxylic acids is 1. The van der Waals surface area contributed by atoms with Crippen molar-refractivity contribution in [2.75, 3.05) is 30.8 Å². The third-order valence-corrected chi connectivity index (χ3v) is 3.66. The second-order valence-electron chi connectivity index (χ2n) is 5.62. The molecular weight excluding hydrogens is 240 g/mol. The standard InChI is InChI=1S/C15H22N2O2/c1-10-6-11(2)9-17(8-10)14-5-4-12(7-13(14)16)15(18)19-3/h4-5,7,10-11H,6,8-9,16H2,1-3H3/t10-,11-/m1/s1. The molecule has 1 heterocycles. The van der Waals surface area contributed by atoms with E-state index in [2.05, 4.69) is 18.7 Å². The van der Waals surface area contributed by atoms with E-state index in [-0.39, 0.29) is 5.97 Å². The maximum absolute atomic E-state index is 11.5. The van der Waals surface area contributed by atoms with Crippen molar-refractivity contribution in [1.29, 1.82) is 0 Å². The molecule has 1 saturated heterocycles. The van der Waals surface area contributed by atoms with Crippen LogP contribution in [-0.2, 0) is 4.74 Å². The molecule has 2 N–H and O–H groups in total. The molecule has 4 heteroatoms. The number of esters is 1. The van der Waals surface area contributed by atoms with Crippen molar-refractivity contribution in [3.63, 3.8) is 0 Å². The lowest BCUT2D eigenvalue weighted by molar-refractivity contribution is 0.0601. The molecule has 1 fully saturated rings. The van der Waals surface area contributed by atoms with Crippen molar-refractivity contribution in [1.82, 2.24) is 0 Å². The summed E-state index contributed by atoms with van der Waals surface area (Å²) in [5.74, 6) is 0.991. The lowest BCUT2D eigenvalue weighted by Gasteiger charge is -2.37. The molecule has 0 amide bonds. The van der Waals surface area contributed by atoms with E-state index >= 15 is 0 Å². The van der Waals surface area contributed by atoms with Crippen LogP contribution in [0, 0.1) is 11.8 Å². The highest BCUT2D eigenvalue weighted by molar-refractivity contribution is 5.92. The summed E-state index contributed by atoms with van der Waals surface area (Å²) < 4.78 is 4.70. The fourth-order valence-electron chi connectivity index (χ4n) is 2.95. The molecule has 0 radical (unpaired) electrons. The van der Waals surface area contributed by atoms with Gasteiger partial charge in [0.25, 0.3) is 0 Å². The van der Waals surface area contributed by atoms with Gasteiger partial charge >= 0.3 is 5.97 Å². The fourth-order valence-corrected chi connectivity index (χ4v) is 2.95. The number of benzene rings is 1. The highest BCUT2D eigenvalue weighted by Gasteiger charge is 2.23. The van der Waals surface area contributed by atoms with Gasteiger partial charge < -0.3 is 15.4 Å². The number of hydrogen-bond acceptors (Lipinski definition) is 4. The van der Waals surface area contributed by atoms with Gasteiger partial charge in [0, 0.05) is 13.1 Å². The zero-order chi connectivity index (χ0) is 14.0. The topological polar surface area (TPSA) is 55.6 Å². The van der Waals surface area contributed by atoms with Crippen LogP contribution in [0.2, 0.25) is 0 Å². The first-order valence-electron chi connectivity index (χ1n) is 6.74. The van der Waals surface area contributed by atoms with Crippen molar-refractivity contribution in [2.24, 2.45) is 11.8 Å². The molecule has 4 nitrogen and oxygen atoms in total. The molecule has 1 aliphatic heterocycles. The predicted molar refractivity (Wildman–Crippen MR) is 77.4 cm³/mol. The van der Waals surface area contributed by atoms with Gasteiger partial charge in [-0.3, -0.25) is 0 Å². The SMILES string of the molecule is COC(=O)c1ccc(N2C[C@H](C)C[C@@H](C)C2)c(N)c1. The van der Waals surface area contributed by atoms with Crippen LogP contribution in [0.15, 0.2) is 18.2 Å². The van der Waals surface area contributed by atoms with Crippen molar-refractivity contribution in [2.45, 2.75) is 20.3 Å². The number of nitrogens with two attached hydrogens (primary N) is 1.